The number of para-hydroxylation sites is 1. The van der Waals surface area contributed by atoms with Crippen molar-refractivity contribution < 1.29 is 9.53 Å². The Balaban J connectivity index is 2.62. The van der Waals surface area contributed by atoms with E-state index in [1.807, 2.05) is 51.4 Å². The van der Waals surface area contributed by atoms with Gasteiger partial charge in [0.2, 0.25) is 0 Å². The molecule has 0 saturated carbocycles. The molecule has 1 atom stereocenters. The molecule has 0 spiro atoms. The van der Waals surface area contributed by atoms with E-state index in [2.05, 4.69) is 10.2 Å². The van der Waals surface area contributed by atoms with Gasteiger partial charge in [0.25, 0.3) is 0 Å². The van der Waals surface area contributed by atoms with E-state index in [1.165, 1.54) is 0 Å². The van der Waals surface area contributed by atoms with Crippen LogP contribution in [0.2, 0.25) is 0 Å². The summed E-state index contributed by atoms with van der Waals surface area (Å²) in [6, 6.07) is 9.43. The summed E-state index contributed by atoms with van der Waals surface area (Å²) in [5, 5.41) is 3.22. The van der Waals surface area contributed by atoms with E-state index in [0.717, 1.165) is 18.7 Å². The minimum absolute atomic E-state index is 0.191. The Morgan fingerprint density at radius 1 is 1.33 bits per heavy atom. The van der Waals surface area contributed by atoms with Gasteiger partial charge in [-0.25, -0.2) is 4.79 Å². The molecule has 0 fully saturated rings. The molecule has 1 rings (SSSR count). The van der Waals surface area contributed by atoms with Crippen LogP contribution in [0.3, 0.4) is 0 Å². The standard InChI is InChI=1S/C14H22N2O2/c1-4-18-14(17)13(10-11-16(2)3)15-12-8-6-5-7-9-12/h5-9,13,15H,4,10-11H2,1-3H3/t13-/m0/s1. The van der Waals surface area contributed by atoms with Crippen LogP contribution in [-0.2, 0) is 9.53 Å². The van der Waals surface area contributed by atoms with Gasteiger partial charge in [0, 0.05) is 12.2 Å². The topological polar surface area (TPSA) is 41.6 Å². The lowest BCUT2D eigenvalue weighted by Gasteiger charge is -2.20. The number of ether oxygens (including phenoxy) is 1. The number of hydrogen-bond acceptors (Lipinski definition) is 4. The van der Waals surface area contributed by atoms with E-state index in [-0.39, 0.29) is 12.0 Å². The van der Waals surface area contributed by atoms with Crippen molar-refractivity contribution in [2.75, 3.05) is 32.6 Å². The predicted octanol–water partition coefficient (Wildman–Crippen LogP) is 1.98. The van der Waals surface area contributed by atoms with Crippen molar-refractivity contribution in [2.45, 2.75) is 19.4 Å². The maximum absolute atomic E-state index is 11.9. The van der Waals surface area contributed by atoms with Crippen LogP contribution >= 0.6 is 0 Å². The van der Waals surface area contributed by atoms with Crippen LogP contribution in [0.15, 0.2) is 30.3 Å². The first-order valence-electron chi connectivity index (χ1n) is 6.26. The average molecular weight is 250 g/mol. The first kappa shape index (κ1) is 14.5. The zero-order valence-electron chi connectivity index (χ0n) is 11.3. The van der Waals surface area contributed by atoms with Crippen molar-refractivity contribution in [2.24, 2.45) is 0 Å². The highest BCUT2D eigenvalue weighted by Crippen LogP contribution is 2.10. The summed E-state index contributed by atoms with van der Waals surface area (Å²) < 4.78 is 5.09. The number of nitrogens with zero attached hydrogens (tertiary/aromatic N) is 1. The molecule has 100 valence electrons. The highest BCUT2D eigenvalue weighted by molar-refractivity contribution is 5.79. The Kier molecular flexibility index (Phi) is 6.22. The molecule has 0 aliphatic heterocycles. The number of nitrogens with one attached hydrogen (secondary N) is 1. The monoisotopic (exact) mass is 250 g/mol. The Hall–Kier alpha value is -1.55. The van der Waals surface area contributed by atoms with Crippen LogP contribution in [0.4, 0.5) is 5.69 Å². The highest BCUT2D eigenvalue weighted by atomic mass is 16.5. The maximum Gasteiger partial charge on any atom is 0.328 e. The summed E-state index contributed by atoms with van der Waals surface area (Å²) >= 11 is 0. The van der Waals surface area contributed by atoms with Gasteiger partial charge in [-0.05, 0) is 39.6 Å². The number of carbonyl (C=O) groups is 1. The summed E-state index contributed by atoms with van der Waals surface area (Å²) in [5.41, 5.74) is 0.939. The van der Waals surface area contributed by atoms with Crippen LogP contribution in [0.1, 0.15) is 13.3 Å². The van der Waals surface area contributed by atoms with Crippen LogP contribution < -0.4 is 5.32 Å². The molecule has 0 radical (unpaired) electrons. The van der Waals surface area contributed by atoms with Crippen LogP contribution in [0, 0.1) is 0 Å². The first-order chi connectivity index (χ1) is 8.63. The average Bonchev–Trinajstić information content (AvgIpc) is 2.35. The van der Waals surface area contributed by atoms with Gasteiger partial charge in [0.05, 0.1) is 6.61 Å². The predicted molar refractivity (Wildman–Crippen MR) is 73.7 cm³/mol. The van der Waals surface area contributed by atoms with Gasteiger partial charge in [-0.1, -0.05) is 18.2 Å². The van der Waals surface area contributed by atoms with Crippen molar-refractivity contribution in [3.8, 4) is 0 Å². The SMILES string of the molecule is CCOC(=O)[C@H](CCN(C)C)Nc1ccccc1. The van der Waals surface area contributed by atoms with Crippen molar-refractivity contribution in [3.05, 3.63) is 30.3 Å². The van der Waals surface area contributed by atoms with Crippen molar-refractivity contribution in [1.82, 2.24) is 4.90 Å². The maximum atomic E-state index is 11.9. The lowest BCUT2D eigenvalue weighted by atomic mass is 10.2. The second kappa shape index (κ2) is 7.71. The Labute approximate surface area is 109 Å². The molecule has 0 heterocycles. The molecule has 0 bridgehead atoms. The van der Waals surface area contributed by atoms with E-state index < -0.39 is 0 Å². The fraction of sp³-hybridized carbons (Fsp3) is 0.500. The summed E-state index contributed by atoms with van der Waals surface area (Å²) in [6.45, 7) is 3.07. The largest absolute Gasteiger partial charge is 0.464 e. The van der Waals surface area contributed by atoms with E-state index in [0.29, 0.717) is 6.61 Å². The van der Waals surface area contributed by atoms with Crippen molar-refractivity contribution in [1.29, 1.82) is 0 Å². The summed E-state index contributed by atoms with van der Waals surface area (Å²) in [4.78, 5) is 13.9. The Bertz CT molecular complexity index is 352. The molecule has 0 amide bonds. The molecule has 4 heteroatoms. The number of benzene rings is 1. The molecule has 4 nitrogen and oxygen atoms in total. The van der Waals surface area contributed by atoms with Crippen molar-refractivity contribution >= 4 is 11.7 Å². The Morgan fingerprint density at radius 3 is 2.56 bits per heavy atom. The third-order valence-electron chi connectivity index (χ3n) is 2.55. The van der Waals surface area contributed by atoms with E-state index >= 15 is 0 Å². The summed E-state index contributed by atoms with van der Waals surface area (Å²) in [7, 11) is 3.98. The highest BCUT2D eigenvalue weighted by Gasteiger charge is 2.19. The smallest absolute Gasteiger partial charge is 0.328 e. The van der Waals surface area contributed by atoms with Gasteiger partial charge in [-0.3, -0.25) is 0 Å². The molecule has 1 aromatic rings. The van der Waals surface area contributed by atoms with Crippen LogP contribution in [0.5, 0.6) is 0 Å². The molecule has 0 aliphatic carbocycles. The summed E-state index contributed by atoms with van der Waals surface area (Å²) in [5.74, 6) is -0.191. The second-order valence-electron chi connectivity index (χ2n) is 4.41. The molecular formula is C14H22N2O2. The van der Waals surface area contributed by atoms with Gasteiger partial charge >= 0.3 is 5.97 Å². The molecule has 0 unspecified atom stereocenters. The molecule has 0 aromatic heterocycles. The van der Waals surface area contributed by atoms with Gasteiger partial charge in [0.15, 0.2) is 0 Å². The fourth-order valence-corrected chi connectivity index (χ4v) is 1.61. The molecule has 18 heavy (non-hydrogen) atoms. The van der Waals surface area contributed by atoms with E-state index in [4.69, 9.17) is 4.74 Å². The van der Waals surface area contributed by atoms with Gasteiger partial charge in [0.1, 0.15) is 6.04 Å². The van der Waals surface area contributed by atoms with Crippen molar-refractivity contribution in [3.63, 3.8) is 0 Å². The molecule has 1 aromatic carbocycles. The van der Waals surface area contributed by atoms with Gasteiger partial charge < -0.3 is 15.0 Å². The third kappa shape index (κ3) is 5.19. The number of hydrogen-bond donors (Lipinski definition) is 1. The lowest BCUT2D eigenvalue weighted by molar-refractivity contribution is -0.144. The molecular weight excluding hydrogens is 228 g/mol. The molecule has 1 N–H and O–H groups in total. The van der Waals surface area contributed by atoms with Crippen LogP contribution in [-0.4, -0.2) is 44.2 Å². The van der Waals surface area contributed by atoms with Gasteiger partial charge in [-0.2, -0.15) is 0 Å². The van der Waals surface area contributed by atoms with Gasteiger partial charge in [-0.15, -0.1) is 0 Å². The first-order valence-corrected chi connectivity index (χ1v) is 6.26. The normalized spacial score (nSPS) is 12.2. The Morgan fingerprint density at radius 2 is 2.00 bits per heavy atom. The number of carbonyl (C=O) groups excluding carboxylic acids is 1. The van der Waals surface area contributed by atoms with Crippen LogP contribution in [0.25, 0.3) is 0 Å². The lowest BCUT2D eigenvalue weighted by Crippen LogP contribution is -2.34. The minimum Gasteiger partial charge on any atom is -0.464 e. The van der Waals surface area contributed by atoms with E-state index in [9.17, 15) is 4.79 Å². The number of anilines is 1. The number of rotatable bonds is 7. The summed E-state index contributed by atoms with van der Waals surface area (Å²) in [6.07, 6.45) is 0.723. The zero-order chi connectivity index (χ0) is 13.4. The van der Waals surface area contributed by atoms with E-state index in [1.54, 1.807) is 0 Å². The quantitative estimate of drug-likeness (QED) is 0.751. The second-order valence-corrected chi connectivity index (χ2v) is 4.41. The molecule has 0 saturated heterocycles. The third-order valence-corrected chi connectivity index (χ3v) is 2.55. The fourth-order valence-electron chi connectivity index (χ4n) is 1.61. The minimum atomic E-state index is -0.297. The number of esters is 1. The molecule has 0 aliphatic rings. The zero-order valence-corrected chi connectivity index (χ0v) is 11.3.